The number of H-pyrrole nitrogens is 1. The summed E-state index contributed by atoms with van der Waals surface area (Å²) < 4.78 is 4.21. The average molecular weight is 425 g/mol. The number of nitrogens with one attached hydrogen (secondary N) is 2. The minimum Gasteiger partial charge on any atom is -0.356 e. The minimum atomic E-state index is -0.00149. The summed E-state index contributed by atoms with van der Waals surface area (Å²) in [5.74, 6) is 0.772. The summed E-state index contributed by atoms with van der Waals surface area (Å²) in [5, 5.41) is 16.3. The van der Waals surface area contributed by atoms with Crippen LogP contribution in [0.1, 0.15) is 12.0 Å². The predicted octanol–water partition coefficient (Wildman–Crippen LogP) is 3.60. The van der Waals surface area contributed by atoms with Crippen molar-refractivity contribution in [3.8, 4) is 16.4 Å². The predicted molar refractivity (Wildman–Crippen MR) is 116 cm³/mol. The van der Waals surface area contributed by atoms with Gasteiger partial charge in [0.15, 0.2) is 10.6 Å². The molecule has 0 spiro atoms. The smallest absolute Gasteiger partial charge is 0.221 e. The highest BCUT2D eigenvalue weighted by molar-refractivity contribution is 7.71. The Labute approximate surface area is 177 Å². The summed E-state index contributed by atoms with van der Waals surface area (Å²) in [7, 11) is 0. The van der Waals surface area contributed by atoms with Gasteiger partial charge in [-0.05, 0) is 53.8 Å². The lowest BCUT2D eigenvalue weighted by molar-refractivity contribution is -0.121. The molecular weight excluding hydrogens is 404 g/mol. The molecule has 1 aromatic carbocycles. The van der Waals surface area contributed by atoms with Crippen molar-refractivity contribution >= 4 is 29.5 Å². The summed E-state index contributed by atoms with van der Waals surface area (Å²) in [4.78, 5) is 13.3. The molecule has 0 aliphatic carbocycles. The molecule has 1 amide bonds. The highest BCUT2D eigenvalue weighted by Gasteiger charge is 2.11. The van der Waals surface area contributed by atoms with Crippen LogP contribution in [0, 0.1) is 4.77 Å². The second-order valence-corrected chi connectivity index (χ2v) is 7.78. The third-order valence-corrected chi connectivity index (χ3v) is 5.68. The number of thiophene rings is 1. The van der Waals surface area contributed by atoms with Crippen LogP contribution < -0.4 is 5.32 Å². The lowest BCUT2D eigenvalue weighted by atomic mass is 10.1. The van der Waals surface area contributed by atoms with Gasteiger partial charge in [0.05, 0.1) is 10.6 Å². The number of aromatic amines is 1. The van der Waals surface area contributed by atoms with Crippen molar-refractivity contribution in [2.24, 2.45) is 0 Å². The molecule has 4 rings (SSSR count). The summed E-state index contributed by atoms with van der Waals surface area (Å²) in [6.45, 7) is 1.08. The van der Waals surface area contributed by atoms with Crippen molar-refractivity contribution in [3.05, 3.63) is 70.6 Å². The first kappa shape index (κ1) is 19.3. The fraction of sp³-hybridized carbons (Fsp3) is 0.200. The Morgan fingerprint density at radius 2 is 2.07 bits per heavy atom. The molecule has 3 heterocycles. The van der Waals surface area contributed by atoms with Gasteiger partial charge in [-0.3, -0.25) is 14.5 Å². The van der Waals surface area contributed by atoms with Gasteiger partial charge in [-0.15, -0.1) is 11.3 Å². The number of aromatic nitrogens is 5. The first-order chi connectivity index (χ1) is 14.2. The number of rotatable bonds is 8. The zero-order chi connectivity index (χ0) is 20.1. The summed E-state index contributed by atoms with van der Waals surface area (Å²) >= 11 is 6.90. The van der Waals surface area contributed by atoms with Crippen LogP contribution in [0.2, 0.25) is 0 Å². The van der Waals surface area contributed by atoms with Gasteiger partial charge >= 0.3 is 0 Å². The van der Waals surface area contributed by atoms with Gasteiger partial charge < -0.3 is 5.32 Å². The molecule has 0 radical (unpaired) electrons. The number of hydrogen-bond acceptors (Lipinski definition) is 5. The molecule has 0 fully saturated rings. The van der Waals surface area contributed by atoms with Gasteiger partial charge in [-0.1, -0.05) is 18.2 Å². The quantitative estimate of drug-likeness (QED) is 0.424. The fourth-order valence-electron chi connectivity index (χ4n) is 3.00. The molecule has 29 heavy (non-hydrogen) atoms. The molecule has 0 saturated carbocycles. The number of carbonyl (C=O) groups is 1. The van der Waals surface area contributed by atoms with E-state index in [0.29, 0.717) is 24.3 Å². The van der Waals surface area contributed by atoms with Crippen molar-refractivity contribution in [1.29, 1.82) is 0 Å². The standard InChI is InChI=1S/C20H20N6OS2/c27-18(9-13-25-19(23-24-20(25)28)17-3-1-14-29-17)21-11-8-15-4-6-16(7-5-15)26-12-2-10-22-26/h1-7,10,12,14H,8-9,11,13H2,(H,21,27)(H,24,28). The van der Waals surface area contributed by atoms with Crippen LogP contribution in [0.3, 0.4) is 0 Å². The summed E-state index contributed by atoms with van der Waals surface area (Å²) in [6, 6.07) is 14.0. The van der Waals surface area contributed by atoms with E-state index in [9.17, 15) is 4.79 Å². The van der Waals surface area contributed by atoms with E-state index in [-0.39, 0.29) is 5.91 Å². The van der Waals surface area contributed by atoms with Crippen molar-refractivity contribution in [3.63, 3.8) is 0 Å². The van der Waals surface area contributed by atoms with Crippen LogP contribution >= 0.6 is 23.6 Å². The second-order valence-electron chi connectivity index (χ2n) is 6.45. The molecule has 0 aliphatic heterocycles. The van der Waals surface area contributed by atoms with Crippen LogP contribution in [0.25, 0.3) is 16.4 Å². The Bertz CT molecular complexity index is 1110. The molecule has 2 N–H and O–H groups in total. The number of amides is 1. The third-order valence-electron chi connectivity index (χ3n) is 4.50. The Morgan fingerprint density at radius 1 is 1.21 bits per heavy atom. The van der Waals surface area contributed by atoms with Gasteiger partial charge in [0.2, 0.25) is 5.91 Å². The lowest BCUT2D eigenvalue weighted by Crippen LogP contribution is -2.26. The highest BCUT2D eigenvalue weighted by Crippen LogP contribution is 2.22. The topological polar surface area (TPSA) is 80.5 Å². The van der Waals surface area contributed by atoms with Crippen LogP contribution in [0.4, 0.5) is 0 Å². The first-order valence-electron chi connectivity index (χ1n) is 9.25. The van der Waals surface area contributed by atoms with Gasteiger partial charge in [-0.25, -0.2) is 4.68 Å². The molecule has 0 unspecified atom stereocenters. The van der Waals surface area contributed by atoms with Gasteiger partial charge in [0.25, 0.3) is 0 Å². The van der Waals surface area contributed by atoms with Crippen LogP contribution in [-0.4, -0.2) is 37.0 Å². The number of hydrogen-bond donors (Lipinski definition) is 2. The lowest BCUT2D eigenvalue weighted by Gasteiger charge is -2.08. The van der Waals surface area contributed by atoms with Crippen LogP contribution in [0.5, 0.6) is 0 Å². The van der Waals surface area contributed by atoms with E-state index in [1.54, 1.807) is 17.5 Å². The largest absolute Gasteiger partial charge is 0.356 e. The van der Waals surface area contributed by atoms with Crippen molar-refractivity contribution in [2.75, 3.05) is 6.54 Å². The monoisotopic (exact) mass is 424 g/mol. The van der Waals surface area contributed by atoms with E-state index in [2.05, 4.69) is 32.7 Å². The molecule has 4 aromatic rings. The SMILES string of the molecule is O=C(CCn1c(-c2cccs2)n[nH]c1=S)NCCc1ccc(-n2cccn2)cc1. The Morgan fingerprint density at radius 3 is 2.79 bits per heavy atom. The molecular formula is C20H20N6OS2. The van der Waals surface area contributed by atoms with E-state index >= 15 is 0 Å². The normalized spacial score (nSPS) is 10.9. The Hall–Kier alpha value is -3.04. The van der Waals surface area contributed by atoms with E-state index in [1.165, 1.54) is 5.56 Å². The zero-order valence-corrected chi connectivity index (χ0v) is 17.2. The van der Waals surface area contributed by atoms with Crippen molar-refractivity contribution in [2.45, 2.75) is 19.4 Å². The third kappa shape index (κ3) is 4.69. The number of benzene rings is 1. The molecule has 0 aliphatic rings. The van der Waals surface area contributed by atoms with E-state index in [4.69, 9.17) is 12.2 Å². The minimum absolute atomic E-state index is 0.00149. The number of carbonyl (C=O) groups excluding carboxylic acids is 1. The van der Waals surface area contributed by atoms with Crippen LogP contribution in [0.15, 0.2) is 60.2 Å². The van der Waals surface area contributed by atoms with Gasteiger partial charge in [-0.2, -0.15) is 10.2 Å². The summed E-state index contributed by atoms with van der Waals surface area (Å²) in [5.41, 5.74) is 2.18. The maximum atomic E-state index is 12.2. The first-order valence-corrected chi connectivity index (χ1v) is 10.5. The highest BCUT2D eigenvalue weighted by atomic mass is 32.1. The molecule has 7 nitrogen and oxygen atoms in total. The fourth-order valence-corrected chi connectivity index (χ4v) is 3.95. The van der Waals surface area contributed by atoms with Crippen molar-refractivity contribution in [1.82, 2.24) is 29.9 Å². The maximum absolute atomic E-state index is 12.2. The summed E-state index contributed by atoms with van der Waals surface area (Å²) in [6.07, 6.45) is 4.79. The van der Waals surface area contributed by atoms with E-state index < -0.39 is 0 Å². The molecule has 3 aromatic heterocycles. The van der Waals surface area contributed by atoms with E-state index in [1.807, 2.05) is 51.2 Å². The second kappa shape index (κ2) is 8.97. The average Bonchev–Trinajstić information content (AvgIpc) is 3.49. The van der Waals surface area contributed by atoms with Crippen molar-refractivity contribution < 1.29 is 4.79 Å². The zero-order valence-electron chi connectivity index (χ0n) is 15.6. The molecule has 0 atom stereocenters. The van der Waals surface area contributed by atoms with Crippen LogP contribution in [-0.2, 0) is 17.8 Å². The molecule has 0 saturated heterocycles. The van der Waals surface area contributed by atoms with Gasteiger partial charge in [0, 0.05) is 31.9 Å². The Kier molecular flexibility index (Phi) is 5.97. The Balaban J connectivity index is 1.26. The molecule has 148 valence electrons. The van der Waals surface area contributed by atoms with Gasteiger partial charge in [0.1, 0.15) is 0 Å². The number of nitrogens with zero attached hydrogens (tertiary/aromatic N) is 4. The molecule has 9 heteroatoms. The molecule has 0 bridgehead atoms. The maximum Gasteiger partial charge on any atom is 0.221 e. The van der Waals surface area contributed by atoms with E-state index in [0.717, 1.165) is 22.8 Å².